The van der Waals surface area contributed by atoms with Crippen LogP contribution in [0, 0.1) is 0 Å². The van der Waals surface area contributed by atoms with E-state index < -0.39 is 6.10 Å². The number of hydrogen-bond donors (Lipinski definition) is 0. The van der Waals surface area contributed by atoms with E-state index in [-0.39, 0.29) is 31.1 Å². The molecule has 0 bridgehead atoms. The largest absolute Gasteiger partial charge is 0.462 e. The minimum atomic E-state index is -0.802. The van der Waals surface area contributed by atoms with Crippen LogP contribution in [0.2, 0.25) is 0 Å². The van der Waals surface area contributed by atoms with Gasteiger partial charge in [0.25, 0.3) is 0 Å². The maximum Gasteiger partial charge on any atom is 0.306 e. The summed E-state index contributed by atoms with van der Waals surface area (Å²) in [7, 11) is 0. The standard InChI is InChI=1S/C61H100O6/c1-4-7-10-13-16-19-22-25-27-29-31-33-36-39-42-45-48-51-54-60(63)66-57-58(56-65-59(62)53-50-47-44-41-38-35-24-21-18-15-12-9-6-3)67-61(64)55-52-49-46-43-40-37-34-32-30-28-26-23-20-17-14-11-8-5-2/h10,13,16-17,19-20,22-23,25-34,58H,4-9,11-12,14-15,18,21,24,35-57H2,1-3H3/b13-10-,19-16-,20-17-,25-22-,26-23-,29-27-,30-28-,33-31-,34-32-. The smallest absolute Gasteiger partial charge is 0.306 e. The molecule has 0 aliphatic carbocycles. The monoisotopic (exact) mass is 929 g/mol. The number of unbranched alkanes of at least 4 members (excludes halogenated alkanes) is 26. The average Bonchev–Trinajstić information content (AvgIpc) is 3.33. The van der Waals surface area contributed by atoms with E-state index in [0.717, 1.165) is 109 Å². The van der Waals surface area contributed by atoms with Crippen LogP contribution in [0.15, 0.2) is 109 Å². The molecule has 1 unspecified atom stereocenters. The SMILES string of the molecule is CCC\C=C/C=C\C=C/C=C\C=C/CCCCCCCC(=O)OCC(COC(=O)CCCCCCCCCCCCCCC)OC(=O)CCCCCCC\C=C/C=C\C=C/C=C\CCCCC. The van der Waals surface area contributed by atoms with Gasteiger partial charge >= 0.3 is 17.9 Å². The van der Waals surface area contributed by atoms with E-state index in [2.05, 4.69) is 106 Å². The molecule has 0 fully saturated rings. The molecule has 0 aliphatic heterocycles. The van der Waals surface area contributed by atoms with Gasteiger partial charge in [0.2, 0.25) is 0 Å². The second kappa shape index (κ2) is 54.7. The van der Waals surface area contributed by atoms with Gasteiger partial charge in [-0.3, -0.25) is 14.4 Å². The molecule has 0 heterocycles. The van der Waals surface area contributed by atoms with E-state index in [1.807, 2.05) is 24.3 Å². The van der Waals surface area contributed by atoms with Crippen molar-refractivity contribution in [2.75, 3.05) is 13.2 Å². The lowest BCUT2D eigenvalue weighted by Crippen LogP contribution is -2.30. The van der Waals surface area contributed by atoms with Crippen molar-refractivity contribution < 1.29 is 28.6 Å². The first-order chi connectivity index (χ1) is 33.0. The molecule has 0 spiro atoms. The summed E-state index contributed by atoms with van der Waals surface area (Å²) in [6.07, 6.45) is 73.4. The third-order valence-electron chi connectivity index (χ3n) is 11.5. The summed E-state index contributed by atoms with van der Waals surface area (Å²) in [5.74, 6) is -0.946. The van der Waals surface area contributed by atoms with Gasteiger partial charge in [-0.2, -0.15) is 0 Å². The van der Waals surface area contributed by atoms with Crippen molar-refractivity contribution in [3.05, 3.63) is 109 Å². The van der Waals surface area contributed by atoms with Crippen LogP contribution in [0.4, 0.5) is 0 Å². The third kappa shape index (κ3) is 52.9. The zero-order valence-electron chi connectivity index (χ0n) is 43.4. The summed E-state index contributed by atoms with van der Waals surface area (Å²) in [5, 5.41) is 0. The molecule has 0 N–H and O–H groups in total. The van der Waals surface area contributed by atoms with E-state index >= 15 is 0 Å². The Balaban J connectivity index is 4.51. The molecule has 0 aliphatic rings. The zero-order chi connectivity index (χ0) is 48.6. The van der Waals surface area contributed by atoms with Crippen molar-refractivity contribution >= 4 is 17.9 Å². The van der Waals surface area contributed by atoms with Crippen molar-refractivity contribution in [2.24, 2.45) is 0 Å². The first-order valence-corrected chi connectivity index (χ1v) is 27.5. The summed E-state index contributed by atoms with van der Waals surface area (Å²) in [5.41, 5.74) is 0. The molecule has 67 heavy (non-hydrogen) atoms. The number of rotatable bonds is 48. The number of ether oxygens (including phenoxy) is 3. The molecule has 0 radical (unpaired) electrons. The van der Waals surface area contributed by atoms with Crippen LogP contribution in [-0.2, 0) is 28.6 Å². The Morgan fingerprint density at radius 1 is 0.299 bits per heavy atom. The Bertz CT molecular complexity index is 1390. The minimum absolute atomic E-state index is 0.0965. The molecule has 0 saturated carbocycles. The Hall–Kier alpha value is -3.93. The summed E-state index contributed by atoms with van der Waals surface area (Å²) in [6.45, 7) is 6.47. The predicted molar refractivity (Wildman–Crippen MR) is 288 cm³/mol. The van der Waals surface area contributed by atoms with Crippen molar-refractivity contribution in [1.82, 2.24) is 0 Å². The van der Waals surface area contributed by atoms with Gasteiger partial charge < -0.3 is 14.2 Å². The first-order valence-electron chi connectivity index (χ1n) is 27.5. The number of esters is 3. The summed E-state index contributed by atoms with van der Waals surface area (Å²) >= 11 is 0. The zero-order valence-corrected chi connectivity index (χ0v) is 43.4. The number of hydrogen-bond acceptors (Lipinski definition) is 6. The maximum absolute atomic E-state index is 12.8. The average molecular weight is 929 g/mol. The van der Waals surface area contributed by atoms with Crippen LogP contribution < -0.4 is 0 Å². The Morgan fingerprint density at radius 2 is 0.567 bits per heavy atom. The van der Waals surface area contributed by atoms with Crippen LogP contribution in [0.5, 0.6) is 0 Å². The molecule has 0 aromatic heterocycles. The van der Waals surface area contributed by atoms with Gasteiger partial charge in [-0.25, -0.2) is 0 Å². The van der Waals surface area contributed by atoms with E-state index in [9.17, 15) is 14.4 Å². The molecule has 0 amide bonds. The Morgan fingerprint density at radius 3 is 0.925 bits per heavy atom. The van der Waals surface area contributed by atoms with E-state index in [0.29, 0.717) is 19.3 Å². The minimum Gasteiger partial charge on any atom is -0.462 e. The third-order valence-corrected chi connectivity index (χ3v) is 11.5. The van der Waals surface area contributed by atoms with Gasteiger partial charge in [0.15, 0.2) is 6.10 Å². The highest BCUT2D eigenvalue weighted by atomic mass is 16.6. The molecule has 0 aromatic rings. The summed E-state index contributed by atoms with van der Waals surface area (Å²) in [4.78, 5) is 38.1. The fourth-order valence-electron chi connectivity index (χ4n) is 7.31. The quantitative estimate of drug-likeness (QED) is 0.0262. The summed E-state index contributed by atoms with van der Waals surface area (Å²) < 4.78 is 16.8. The van der Waals surface area contributed by atoms with Crippen molar-refractivity contribution in [3.8, 4) is 0 Å². The predicted octanol–water partition coefficient (Wildman–Crippen LogP) is 18.3. The molecule has 1 atom stereocenters. The molecule has 380 valence electrons. The Kier molecular flexibility index (Phi) is 51.5. The molecule has 0 saturated heterocycles. The normalized spacial score (nSPS) is 12.9. The van der Waals surface area contributed by atoms with Crippen LogP contribution in [0.1, 0.15) is 239 Å². The maximum atomic E-state index is 12.8. The topological polar surface area (TPSA) is 78.9 Å². The van der Waals surface area contributed by atoms with Gasteiger partial charge in [0, 0.05) is 19.3 Å². The lowest BCUT2D eigenvalue weighted by atomic mass is 10.0. The van der Waals surface area contributed by atoms with E-state index in [4.69, 9.17) is 14.2 Å². The van der Waals surface area contributed by atoms with Crippen molar-refractivity contribution in [3.63, 3.8) is 0 Å². The van der Waals surface area contributed by atoms with Crippen LogP contribution >= 0.6 is 0 Å². The van der Waals surface area contributed by atoms with Gasteiger partial charge in [-0.15, -0.1) is 0 Å². The lowest BCUT2D eigenvalue weighted by Gasteiger charge is -2.18. The number of carbonyl (C=O) groups is 3. The second-order valence-electron chi connectivity index (χ2n) is 18.0. The van der Waals surface area contributed by atoms with Crippen molar-refractivity contribution in [2.45, 2.75) is 245 Å². The Labute approximate surface area is 412 Å². The fourth-order valence-corrected chi connectivity index (χ4v) is 7.31. The van der Waals surface area contributed by atoms with Gasteiger partial charge in [0.05, 0.1) is 0 Å². The summed E-state index contributed by atoms with van der Waals surface area (Å²) in [6, 6.07) is 0. The van der Waals surface area contributed by atoms with Crippen LogP contribution in [0.3, 0.4) is 0 Å². The highest BCUT2D eigenvalue weighted by Crippen LogP contribution is 2.15. The molecule has 6 nitrogen and oxygen atoms in total. The van der Waals surface area contributed by atoms with Gasteiger partial charge in [0.1, 0.15) is 13.2 Å². The molecular weight excluding hydrogens is 829 g/mol. The highest BCUT2D eigenvalue weighted by molar-refractivity contribution is 5.71. The van der Waals surface area contributed by atoms with Crippen LogP contribution in [-0.4, -0.2) is 37.2 Å². The van der Waals surface area contributed by atoms with Crippen LogP contribution in [0.25, 0.3) is 0 Å². The number of allylic oxidation sites excluding steroid dienone is 18. The molecule has 0 aromatic carbocycles. The highest BCUT2D eigenvalue weighted by Gasteiger charge is 2.19. The lowest BCUT2D eigenvalue weighted by molar-refractivity contribution is -0.167. The van der Waals surface area contributed by atoms with Gasteiger partial charge in [-0.1, -0.05) is 265 Å². The molecule has 0 rings (SSSR count). The number of carbonyl (C=O) groups excluding carboxylic acids is 3. The van der Waals surface area contributed by atoms with Crippen molar-refractivity contribution in [1.29, 1.82) is 0 Å². The van der Waals surface area contributed by atoms with Gasteiger partial charge in [-0.05, 0) is 64.2 Å². The molecular formula is C61H100O6. The molecule has 6 heteroatoms. The fraction of sp³-hybridized carbons (Fsp3) is 0.656. The van der Waals surface area contributed by atoms with E-state index in [1.54, 1.807) is 0 Å². The first kappa shape index (κ1) is 63.1. The second-order valence-corrected chi connectivity index (χ2v) is 18.0. The van der Waals surface area contributed by atoms with E-state index in [1.165, 1.54) is 89.9 Å².